The molecule has 248 valence electrons. The Morgan fingerprint density at radius 3 is 2.15 bits per heavy atom. The quantitative estimate of drug-likeness (QED) is 0.236. The van der Waals surface area contributed by atoms with E-state index in [4.69, 9.17) is 9.47 Å². The molecule has 0 bridgehead atoms. The Morgan fingerprint density at radius 2 is 1.54 bits per heavy atom. The van der Waals surface area contributed by atoms with Crippen molar-refractivity contribution in [2.75, 3.05) is 31.6 Å². The maximum absolute atomic E-state index is 14.4. The Bertz CT molecular complexity index is 1570. The molecule has 1 N–H and O–H groups in total. The van der Waals surface area contributed by atoms with E-state index in [0.717, 1.165) is 53.1 Å². The average molecular weight is 650 g/mol. The summed E-state index contributed by atoms with van der Waals surface area (Å²) in [5, 5.41) is 3.19. The molecule has 1 aliphatic rings. The molecule has 1 fully saturated rings. The maximum Gasteiger partial charge on any atom is 0.264 e. The van der Waals surface area contributed by atoms with Crippen LogP contribution in [0.2, 0.25) is 0 Å². The molecule has 3 aromatic carbocycles. The second-order valence-corrected chi connectivity index (χ2v) is 13.8. The van der Waals surface area contributed by atoms with Gasteiger partial charge in [0, 0.05) is 18.7 Å². The van der Waals surface area contributed by atoms with Crippen molar-refractivity contribution < 1.29 is 27.5 Å². The summed E-state index contributed by atoms with van der Waals surface area (Å²) < 4.78 is 40.6. The molecule has 0 heterocycles. The van der Waals surface area contributed by atoms with Crippen molar-refractivity contribution in [1.82, 2.24) is 10.2 Å². The largest absolute Gasteiger partial charge is 0.493 e. The molecule has 1 atom stereocenters. The van der Waals surface area contributed by atoms with Gasteiger partial charge in [0.25, 0.3) is 10.0 Å². The van der Waals surface area contributed by atoms with Gasteiger partial charge in [0.2, 0.25) is 11.8 Å². The number of carbonyl (C=O) groups is 2. The number of hydrogen-bond donors (Lipinski definition) is 1. The van der Waals surface area contributed by atoms with Crippen LogP contribution in [0.4, 0.5) is 5.69 Å². The monoisotopic (exact) mass is 649 g/mol. The van der Waals surface area contributed by atoms with Crippen LogP contribution in [0.5, 0.6) is 11.5 Å². The van der Waals surface area contributed by atoms with E-state index in [-0.39, 0.29) is 29.1 Å². The fourth-order valence-electron chi connectivity index (χ4n) is 6.17. The number of nitrogens with zero attached hydrogens (tertiary/aromatic N) is 2. The smallest absolute Gasteiger partial charge is 0.264 e. The van der Waals surface area contributed by atoms with E-state index >= 15 is 0 Å². The van der Waals surface area contributed by atoms with Crippen molar-refractivity contribution in [2.45, 2.75) is 82.7 Å². The van der Waals surface area contributed by atoms with Crippen molar-refractivity contribution in [3.05, 3.63) is 83.4 Å². The van der Waals surface area contributed by atoms with E-state index in [9.17, 15) is 18.0 Å². The minimum Gasteiger partial charge on any atom is -0.493 e. The van der Waals surface area contributed by atoms with E-state index < -0.39 is 28.5 Å². The first-order valence-corrected chi connectivity index (χ1v) is 17.5. The van der Waals surface area contributed by atoms with Crippen LogP contribution in [0.15, 0.2) is 71.6 Å². The second-order valence-electron chi connectivity index (χ2n) is 12.0. The Kier molecular flexibility index (Phi) is 12.1. The number of methoxy groups -OCH3 is 2. The third kappa shape index (κ3) is 8.60. The van der Waals surface area contributed by atoms with Gasteiger partial charge in [-0.2, -0.15) is 0 Å². The van der Waals surface area contributed by atoms with Gasteiger partial charge in [0.15, 0.2) is 11.5 Å². The van der Waals surface area contributed by atoms with Crippen molar-refractivity contribution >= 4 is 27.5 Å². The first kappa shape index (κ1) is 34.8. The van der Waals surface area contributed by atoms with Gasteiger partial charge in [0.1, 0.15) is 12.6 Å². The number of sulfonamides is 1. The number of ether oxygens (including phenoxy) is 2. The van der Waals surface area contributed by atoms with Gasteiger partial charge < -0.3 is 19.7 Å². The van der Waals surface area contributed by atoms with E-state index in [1.54, 1.807) is 17.0 Å². The van der Waals surface area contributed by atoms with Gasteiger partial charge in [-0.05, 0) is 80.5 Å². The molecule has 0 aromatic heterocycles. The summed E-state index contributed by atoms with van der Waals surface area (Å²) in [6, 6.07) is 18.9. The molecule has 0 aliphatic heterocycles. The standard InChI is InChI=1S/C36H47N3O6S/c1-6-32(36(41)37-29-15-11-8-12-16-29)38(20-19-28-13-9-7-10-14-28)35(40)25-39(30-22-26(2)21-27(3)23-30)46(42,43)31-17-18-33(44-4)34(24-31)45-5/h7,9-10,13-14,17-18,21-24,29,32H,6,8,11-12,15-16,19-20,25H2,1-5H3,(H,37,41)/t32-/m1/s1. The molecule has 0 radical (unpaired) electrons. The number of anilines is 1. The number of carbonyl (C=O) groups excluding carboxylic acids is 2. The molecule has 9 nitrogen and oxygen atoms in total. The summed E-state index contributed by atoms with van der Waals surface area (Å²) in [7, 11) is -1.35. The molecule has 4 rings (SSSR count). The van der Waals surface area contributed by atoms with Gasteiger partial charge in [-0.15, -0.1) is 0 Å². The van der Waals surface area contributed by atoms with Gasteiger partial charge in [0.05, 0.1) is 24.8 Å². The lowest BCUT2D eigenvalue weighted by molar-refractivity contribution is -0.140. The van der Waals surface area contributed by atoms with Crippen molar-refractivity contribution in [3.8, 4) is 11.5 Å². The van der Waals surface area contributed by atoms with E-state index in [2.05, 4.69) is 5.32 Å². The van der Waals surface area contributed by atoms with Crippen LogP contribution < -0.4 is 19.1 Å². The Labute approximate surface area is 273 Å². The summed E-state index contributed by atoms with van der Waals surface area (Å²) >= 11 is 0. The van der Waals surface area contributed by atoms with Crippen LogP contribution in [-0.4, -0.2) is 64.5 Å². The molecule has 1 aliphatic carbocycles. The summed E-state index contributed by atoms with van der Waals surface area (Å²) in [6.45, 7) is 5.43. The average Bonchev–Trinajstić information content (AvgIpc) is 3.05. The zero-order valence-corrected chi connectivity index (χ0v) is 28.4. The van der Waals surface area contributed by atoms with Crippen molar-refractivity contribution in [3.63, 3.8) is 0 Å². The third-order valence-electron chi connectivity index (χ3n) is 8.54. The van der Waals surface area contributed by atoms with Crippen molar-refractivity contribution in [1.29, 1.82) is 0 Å². The Balaban J connectivity index is 1.73. The van der Waals surface area contributed by atoms with Crippen LogP contribution in [0.3, 0.4) is 0 Å². The predicted octanol–water partition coefficient (Wildman–Crippen LogP) is 5.81. The Hall–Kier alpha value is -4.05. The van der Waals surface area contributed by atoms with Crippen LogP contribution in [0, 0.1) is 13.8 Å². The highest BCUT2D eigenvalue weighted by molar-refractivity contribution is 7.92. The number of amides is 2. The molecule has 10 heteroatoms. The Morgan fingerprint density at radius 1 is 0.891 bits per heavy atom. The van der Waals surface area contributed by atoms with E-state index in [0.29, 0.717) is 24.3 Å². The zero-order chi connectivity index (χ0) is 33.3. The highest BCUT2D eigenvalue weighted by Gasteiger charge is 2.34. The molecule has 0 unspecified atom stereocenters. The van der Waals surface area contributed by atoms with Crippen LogP contribution in [-0.2, 0) is 26.0 Å². The minimum atomic E-state index is -4.27. The molecule has 1 saturated carbocycles. The zero-order valence-electron chi connectivity index (χ0n) is 27.6. The molecular formula is C36H47N3O6S. The van der Waals surface area contributed by atoms with Gasteiger partial charge in [-0.3, -0.25) is 13.9 Å². The SMILES string of the molecule is CC[C@H](C(=O)NC1CCCCC1)N(CCc1ccccc1)C(=O)CN(c1cc(C)cc(C)c1)S(=O)(=O)c1ccc(OC)c(OC)c1. The molecule has 0 spiro atoms. The fourth-order valence-corrected chi connectivity index (χ4v) is 7.58. The van der Waals surface area contributed by atoms with Crippen LogP contribution in [0.1, 0.15) is 62.1 Å². The second kappa shape index (κ2) is 16.0. The molecular weight excluding hydrogens is 602 g/mol. The molecule has 2 amide bonds. The molecule has 0 saturated heterocycles. The number of benzene rings is 3. The van der Waals surface area contributed by atoms with Gasteiger partial charge >= 0.3 is 0 Å². The summed E-state index contributed by atoms with van der Waals surface area (Å²) in [6.07, 6.45) is 6.05. The fraction of sp³-hybridized carbons (Fsp3) is 0.444. The lowest BCUT2D eigenvalue weighted by Gasteiger charge is -2.34. The first-order chi connectivity index (χ1) is 22.1. The lowest BCUT2D eigenvalue weighted by Crippen LogP contribution is -2.54. The van der Waals surface area contributed by atoms with Gasteiger partial charge in [-0.1, -0.05) is 62.6 Å². The topological polar surface area (TPSA) is 105 Å². The van der Waals surface area contributed by atoms with Gasteiger partial charge in [-0.25, -0.2) is 8.42 Å². The molecule has 46 heavy (non-hydrogen) atoms. The normalized spacial score (nSPS) is 14.3. The summed E-state index contributed by atoms with van der Waals surface area (Å²) in [5.74, 6) is -0.0104. The number of nitrogens with one attached hydrogen (secondary N) is 1. The molecule has 3 aromatic rings. The number of aryl methyl sites for hydroxylation is 2. The highest BCUT2D eigenvalue weighted by atomic mass is 32.2. The van der Waals surface area contributed by atoms with E-state index in [1.807, 2.05) is 57.2 Å². The minimum absolute atomic E-state index is 0.0463. The predicted molar refractivity (Wildman–Crippen MR) is 181 cm³/mol. The van der Waals surface area contributed by atoms with Crippen LogP contribution in [0.25, 0.3) is 0 Å². The maximum atomic E-state index is 14.4. The third-order valence-corrected chi connectivity index (χ3v) is 10.3. The summed E-state index contributed by atoms with van der Waals surface area (Å²) in [4.78, 5) is 29.7. The van der Waals surface area contributed by atoms with E-state index in [1.165, 1.54) is 32.4 Å². The number of hydrogen-bond acceptors (Lipinski definition) is 6. The number of rotatable bonds is 14. The highest BCUT2D eigenvalue weighted by Crippen LogP contribution is 2.33. The van der Waals surface area contributed by atoms with Crippen LogP contribution >= 0.6 is 0 Å². The first-order valence-electron chi connectivity index (χ1n) is 16.0. The summed E-state index contributed by atoms with van der Waals surface area (Å²) in [5.41, 5.74) is 3.10. The van der Waals surface area contributed by atoms with Crippen molar-refractivity contribution in [2.24, 2.45) is 0 Å². The lowest BCUT2D eigenvalue weighted by atomic mass is 9.95.